The highest BCUT2D eigenvalue weighted by molar-refractivity contribution is 6.33. The first kappa shape index (κ1) is 13.9. The maximum Gasteiger partial charge on any atom is 0.193 e. The van der Waals surface area contributed by atoms with Gasteiger partial charge in [0, 0.05) is 16.1 Å². The van der Waals surface area contributed by atoms with Crippen LogP contribution in [-0.2, 0) is 0 Å². The molecule has 0 atom stereocenters. The van der Waals surface area contributed by atoms with Gasteiger partial charge in [0.05, 0.1) is 12.1 Å². The summed E-state index contributed by atoms with van der Waals surface area (Å²) < 4.78 is 5.06. The van der Waals surface area contributed by atoms with Gasteiger partial charge in [-0.2, -0.15) is 0 Å². The topological polar surface area (TPSA) is 26.3 Å². The molecule has 4 heteroatoms. The highest BCUT2D eigenvalue weighted by Crippen LogP contribution is 2.26. The van der Waals surface area contributed by atoms with Crippen molar-refractivity contribution in [1.29, 1.82) is 0 Å². The lowest BCUT2D eigenvalue weighted by Gasteiger charge is -2.07. The summed E-state index contributed by atoms with van der Waals surface area (Å²) in [5, 5.41) is 1.06. The zero-order chi connectivity index (χ0) is 14.0. The first-order chi connectivity index (χ1) is 9.02. The first-order valence-corrected chi connectivity index (χ1v) is 6.43. The van der Waals surface area contributed by atoms with Gasteiger partial charge in [0.15, 0.2) is 5.78 Å². The van der Waals surface area contributed by atoms with Crippen molar-refractivity contribution in [2.75, 3.05) is 7.11 Å². The van der Waals surface area contributed by atoms with E-state index in [1.807, 2.05) is 6.92 Å². The molecule has 0 aliphatic rings. The Kier molecular flexibility index (Phi) is 4.13. The van der Waals surface area contributed by atoms with E-state index in [1.54, 1.807) is 36.4 Å². The van der Waals surface area contributed by atoms with Crippen LogP contribution in [0.1, 0.15) is 21.5 Å². The molecule has 2 rings (SSSR count). The number of methoxy groups -OCH3 is 1. The molecule has 0 fully saturated rings. The summed E-state index contributed by atoms with van der Waals surface area (Å²) in [5.74, 6) is 0.454. The molecule has 0 saturated heterocycles. The Labute approximate surface area is 121 Å². The van der Waals surface area contributed by atoms with Gasteiger partial charge in [-0.1, -0.05) is 23.2 Å². The molecular formula is C15H12Cl2O2. The summed E-state index contributed by atoms with van der Waals surface area (Å²) >= 11 is 12.0. The minimum Gasteiger partial charge on any atom is -0.495 e. The standard InChI is InChI=1S/C15H12Cl2O2/c1-9-7-10(3-5-12(9)16)15(18)11-4-6-14(19-2)13(17)8-11/h3-8H,1-2H3. The van der Waals surface area contributed by atoms with Gasteiger partial charge >= 0.3 is 0 Å². The molecule has 0 aromatic heterocycles. The van der Waals surface area contributed by atoms with Crippen molar-refractivity contribution >= 4 is 29.0 Å². The fourth-order valence-electron chi connectivity index (χ4n) is 1.76. The first-order valence-electron chi connectivity index (χ1n) is 5.67. The fourth-order valence-corrected chi connectivity index (χ4v) is 2.14. The lowest BCUT2D eigenvalue weighted by Crippen LogP contribution is -2.02. The molecule has 0 aliphatic carbocycles. The highest BCUT2D eigenvalue weighted by Gasteiger charge is 2.12. The maximum absolute atomic E-state index is 12.3. The monoisotopic (exact) mass is 294 g/mol. The van der Waals surface area contributed by atoms with Crippen LogP contribution >= 0.6 is 23.2 Å². The lowest BCUT2D eigenvalue weighted by atomic mass is 10.0. The molecule has 0 aliphatic heterocycles. The lowest BCUT2D eigenvalue weighted by molar-refractivity contribution is 0.103. The smallest absolute Gasteiger partial charge is 0.193 e. The van der Waals surface area contributed by atoms with Gasteiger partial charge in [0.1, 0.15) is 5.75 Å². The molecule has 0 unspecified atom stereocenters. The molecule has 0 amide bonds. The van der Waals surface area contributed by atoms with Crippen molar-refractivity contribution < 1.29 is 9.53 Å². The van der Waals surface area contributed by atoms with Crippen LogP contribution in [0.5, 0.6) is 5.75 Å². The third-order valence-electron chi connectivity index (χ3n) is 2.83. The Morgan fingerprint density at radius 3 is 2.21 bits per heavy atom. The van der Waals surface area contributed by atoms with Crippen molar-refractivity contribution in [2.24, 2.45) is 0 Å². The second kappa shape index (κ2) is 5.64. The molecule has 2 aromatic carbocycles. The summed E-state index contributed by atoms with van der Waals surface area (Å²) in [7, 11) is 1.53. The number of ketones is 1. The summed E-state index contributed by atoms with van der Waals surface area (Å²) in [5.41, 5.74) is 1.97. The molecule has 0 heterocycles. The Balaban J connectivity index is 2.38. The Hall–Kier alpha value is -1.51. The quantitative estimate of drug-likeness (QED) is 0.777. The molecule has 2 aromatic rings. The van der Waals surface area contributed by atoms with Gasteiger partial charge in [-0.3, -0.25) is 4.79 Å². The largest absolute Gasteiger partial charge is 0.495 e. The van der Waals surface area contributed by atoms with Crippen LogP contribution in [0.4, 0.5) is 0 Å². The molecule has 98 valence electrons. The molecule has 0 radical (unpaired) electrons. The van der Waals surface area contributed by atoms with E-state index >= 15 is 0 Å². The van der Waals surface area contributed by atoms with E-state index < -0.39 is 0 Å². The summed E-state index contributed by atoms with van der Waals surface area (Å²) in [4.78, 5) is 12.3. The molecule has 0 saturated carbocycles. The van der Waals surface area contributed by atoms with Crippen molar-refractivity contribution in [1.82, 2.24) is 0 Å². The van der Waals surface area contributed by atoms with Gasteiger partial charge in [-0.25, -0.2) is 0 Å². The summed E-state index contributed by atoms with van der Waals surface area (Å²) in [6.07, 6.45) is 0. The van der Waals surface area contributed by atoms with Crippen LogP contribution in [-0.4, -0.2) is 12.9 Å². The van der Waals surface area contributed by atoms with Gasteiger partial charge < -0.3 is 4.74 Å². The van der Waals surface area contributed by atoms with Crippen LogP contribution in [0.15, 0.2) is 36.4 Å². The second-order valence-electron chi connectivity index (χ2n) is 4.14. The molecule has 0 spiro atoms. The van der Waals surface area contributed by atoms with E-state index in [0.29, 0.717) is 26.9 Å². The van der Waals surface area contributed by atoms with E-state index in [0.717, 1.165) is 5.56 Å². The van der Waals surface area contributed by atoms with Crippen molar-refractivity contribution in [3.05, 3.63) is 63.1 Å². The number of ether oxygens (including phenoxy) is 1. The van der Waals surface area contributed by atoms with Gasteiger partial charge in [-0.15, -0.1) is 0 Å². The average Bonchev–Trinajstić information content (AvgIpc) is 2.41. The molecular weight excluding hydrogens is 283 g/mol. The van der Waals surface area contributed by atoms with Crippen molar-refractivity contribution in [3.8, 4) is 5.75 Å². The summed E-state index contributed by atoms with van der Waals surface area (Å²) in [6, 6.07) is 10.2. The maximum atomic E-state index is 12.3. The van der Waals surface area contributed by atoms with E-state index in [9.17, 15) is 4.79 Å². The molecule has 19 heavy (non-hydrogen) atoms. The number of carbonyl (C=O) groups excluding carboxylic acids is 1. The third-order valence-corrected chi connectivity index (χ3v) is 3.55. The van der Waals surface area contributed by atoms with Gasteiger partial charge in [0.25, 0.3) is 0 Å². The Bertz CT molecular complexity index is 636. The average molecular weight is 295 g/mol. The third kappa shape index (κ3) is 2.91. The predicted octanol–water partition coefficient (Wildman–Crippen LogP) is 4.54. The fraction of sp³-hybridized carbons (Fsp3) is 0.133. The van der Waals surface area contributed by atoms with E-state index in [-0.39, 0.29) is 5.78 Å². The van der Waals surface area contributed by atoms with E-state index in [2.05, 4.69) is 0 Å². The van der Waals surface area contributed by atoms with E-state index in [1.165, 1.54) is 7.11 Å². The number of benzene rings is 2. The van der Waals surface area contributed by atoms with Crippen LogP contribution in [0.3, 0.4) is 0 Å². The van der Waals surface area contributed by atoms with Gasteiger partial charge in [0.2, 0.25) is 0 Å². The Morgan fingerprint density at radius 2 is 1.63 bits per heavy atom. The van der Waals surface area contributed by atoms with Crippen LogP contribution in [0, 0.1) is 6.92 Å². The van der Waals surface area contributed by atoms with Crippen LogP contribution in [0.2, 0.25) is 10.0 Å². The number of hydrogen-bond donors (Lipinski definition) is 0. The minimum absolute atomic E-state index is 0.0932. The van der Waals surface area contributed by atoms with Crippen molar-refractivity contribution in [3.63, 3.8) is 0 Å². The highest BCUT2D eigenvalue weighted by atomic mass is 35.5. The number of carbonyl (C=O) groups is 1. The summed E-state index contributed by atoms with van der Waals surface area (Å²) in [6.45, 7) is 1.86. The number of rotatable bonds is 3. The predicted molar refractivity (Wildman–Crippen MR) is 77.6 cm³/mol. The number of halogens is 2. The van der Waals surface area contributed by atoms with Crippen LogP contribution in [0.25, 0.3) is 0 Å². The SMILES string of the molecule is COc1ccc(C(=O)c2ccc(Cl)c(C)c2)cc1Cl. The minimum atomic E-state index is -0.0932. The van der Waals surface area contributed by atoms with E-state index in [4.69, 9.17) is 27.9 Å². The molecule has 2 nitrogen and oxygen atoms in total. The van der Waals surface area contributed by atoms with Crippen LogP contribution < -0.4 is 4.74 Å². The molecule has 0 N–H and O–H groups in total. The zero-order valence-corrected chi connectivity index (χ0v) is 12.0. The van der Waals surface area contributed by atoms with Crippen molar-refractivity contribution in [2.45, 2.75) is 6.92 Å². The normalized spacial score (nSPS) is 10.3. The second-order valence-corrected chi connectivity index (χ2v) is 4.96. The number of hydrogen-bond acceptors (Lipinski definition) is 2. The molecule has 0 bridgehead atoms. The number of aryl methyl sites for hydroxylation is 1. The Morgan fingerprint density at radius 1 is 1.00 bits per heavy atom. The van der Waals surface area contributed by atoms with Gasteiger partial charge in [-0.05, 0) is 48.9 Å². The zero-order valence-electron chi connectivity index (χ0n) is 10.5.